The Bertz CT molecular complexity index is 989. The molecule has 0 radical (unpaired) electrons. The number of hydrogen-bond acceptors (Lipinski definition) is 4. The lowest BCUT2D eigenvalue weighted by Crippen LogP contribution is -2.40. The highest BCUT2D eigenvalue weighted by Gasteiger charge is 2.23. The van der Waals surface area contributed by atoms with Gasteiger partial charge < -0.3 is 5.32 Å². The van der Waals surface area contributed by atoms with Crippen molar-refractivity contribution < 1.29 is 13.2 Å². The van der Waals surface area contributed by atoms with Crippen molar-refractivity contribution in [2.24, 2.45) is 0 Å². The molecular formula is C22H29N3O3S. The first-order chi connectivity index (χ1) is 13.8. The topological polar surface area (TPSA) is 78.5 Å². The second kappa shape index (κ2) is 8.97. The fourth-order valence-electron chi connectivity index (χ4n) is 3.79. The summed E-state index contributed by atoms with van der Waals surface area (Å²) in [5.41, 5.74) is 2.35. The van der Waals surface area contributed by atoms with E-state index in [-0.39, 0.29) is 10.8 Å². The minimum absolute atomic E-state index is 0.194. The third-order valence-electron chi connectivity index (χ3n) is 5.41. The predicted molar refractivity (Wildman–Crippen MR) is 116 cm³/mol. The summed E-state index contributed by atoms with van der Waals surface area (Å²) < 4.78 is 28.2. The van der Waals surface area contributed by atoms with E-state index in [9.17, 15) is 13.2 Å². The van der Waals surface area contributed by atoms with Crippen molar-refractivity contribution in [2.45, 2.75) is 44.6 Å². The van der Waals surface area contributed by atoms with Crippen molar-refractivity contribution in [3.63, 3.8) is 0 Å². The zero-order chi connectivity index (χ0) is 21.0. The summed E-state index contributed by atoms with van der Waals surface area (Å²) in [5, 5.41) is 2.99. The zero-order valence-electron chi connectivity index (χ0n) is 17.2. The van der Waals surface area contributed by atoms with E-state index in [0.717, 1.165) is 31.5 Å². The van der Waals surface area contributed by atoms with Crippen LogP contribution in [0.4, 0.5) is 5.69 Å². The van der Waals surface area contributed by atoms with E-state index in [2.05, 4.69) is 21.9 Å². The number of amides is 1. The Morgan fingerprint density at radius 1 is 1.17 bits per heavy atom. The number of carbonyl (C=O) groups excluding carboxylic acids is 1. The highest BCUT2D eigenvalue weighted by atomic mass is 32.2. The van der Waals surface area contributed by atoms with Gasteiger partial charge in [-0.15, -0.1) is 0 Å². The molecule has 0 aliphatic carbocycles. The Morgan fingerprint density at radius 2 is 1.97 bits per heavy atom. The highest BCUT2D eigenvalue weighted by Crippen LogP contribution is 2.21. The van der Waals surface area contributed by atoms with Gasteiger partial charge in [-0.1, -0.05) is 25.1 Å². The molecule has 2 aromatic carbocycles. The zero-order valence-corrected chi connectivity index (χ0v) is 18.1. The van der Waals surface area contributed by atoms with Crippen LogP contribution >= 0.6 is 0 Å². The second-order valence-electron chi connectivity index (χ2n) is 7.59. The van der Waals surface area contributed by atoms with Crippen molar-refractivity contribution in [3.8, 4) is 0 Å². The SMILES string of the molecule is CCN1CCCC1CNC(=O)c1cccc(NS(=O)(=O)c2cc(C)ccc2C)c1. The van der Waals surface area contributed by atoms with Crippen LogP contribution in [0.5, 0.6) is 0 Å². The molecule has 2 N–H and O–H groups in total. The van der Waals surface area contributed by atoms with Gasteiger partial charge in [0.1, 0.15) is 0 Å². The molecule has 1 saturated heterocycles. The van der Waals surface area contributed by atoms with Gasteiger partial charge in [0, 0.05) is 23.8 Å². The van der Waals surface area contributed by atoms with Gasteiger partial charge in [-0.3, -0.25) is 14.4 Å². The van der Waals surface area contributed by atoms with E-state index in [0.29, 0.717) is 29.4 Å². The Kier molecular flexibility index (Phi) is 6.59. The number of carbonyl (C=O) groups is 1. The predicted octanol–water partition coefficient (Wildman–Crippen LogP) is 3.32. The first-order valence-corrected chi connectivity index (χ1v) is 11.5. The van der Waals surface area contributed by atoms with E-state index in [1.807, 2.05) is 13.0 Å². The van der Waals surface area contributed by atoms with Gasteiger partial charge >= 0.3 is 0 Å². The van der Waals surface area contributed by atoms with Gasteiger partial charge in [0.25, 0.3) is 15.9 Å². The van der Waals surface area contributed by atoms with Gasteiger partial charge in [-0.05, 0) is 75.2 Å². The van der Waals surface area contributed by atoms with Crippen molar-refractivity contribution in [2.75, 3.05) is 24.4 Å². The lowest BCUT2D eigenvalue weighted by Gasteiger charge is -2.22. The fourth-order valence-corrected chi connectivity index (χ4v) is 5.17. The number of likely N-dealkylation sites (tertiary alicyclic amines) is 1. The smallest absolute Gasteiger partial charge is 0.262 e. The van der Waals surface area contributed by atoms with Crippen LogP contribution in [0.1, 0.15) is 41.3 Å². The quantitative estimate of drug-likeness (QED) is 0.727. The average Bonchev–Trinajstić information content (AvgIpc) is 3.15. The number of anilines is 1. The molecule has 1 amide bonds. The molecule has 0 saturated carbocycles. The van der Waals surface area contributed by atoms with Crippen LogP contribution in [0.15, 0.2) is 47.4 Å². The van der Waals surface area contributed by atoms with Gasteiger partial charge in [0.15, 0.2) is 0 Å². The number of likely N-dealkylation sites (N-methyl/N-ethyl adjacent to an activating group) is 1. The number of nitrogens with one attached hydrogen (secondary N) is 2. The third-order valence-corrected chi connectivity index (χ3v) is 6.94. The first-order valence-electron chi connectivity index (χ1n) is 10.0. The highest BCUT2D eigenvalue weighted by molar-refractivity contribution is 7.92. The Hall–Kier alpha value is -2.38. The maximum Gasteiger partial charge on any atom is 0.262 e. The van der Waals surface area contributed by atoms with Crippen LogP contribution in [0.3, 0.4) is 0 Å². The summed E-state index contributed by atoms with van der Waals surface area (Å²) in [7, 11) is -3.73. The summed E-state index contributed by atoms with van der Waals surface area (Å²) in [4.78, 5) is 15.2. The maximum atomic E-state index is 12.8. The van der Waals surface area contributed by atoms with Gasteiger partial charge in [-0.25, -0.2) is 8.42 Å². The van der Waals surface area contributed by atoms with Crippen molar-refractivity contribution in [1.29, 1.82) is 0 Å². The molecule has 0 spiro atoms. The molecule has 1 unspecified atom stereocenters. The lowest BCUT2D eigenvalue weighted by molar-refractivity contribution is 0.0941. The summed E-state index contributed by atoms with van der Waals surface area (Å²) in [6.07, 6.45) is 2.24. The van der Waals surface area contributed by atoms with Crippen LogP contribution in [-0.2, 0) is 10.0 Å². The molecule has 6 nitrogen and oxygen atoms in total. The minimum atomic E-state index is -3.73. The molecule has 156 valence electrons. The average molecular weight is 416 g/mol. The van der Waals surface area contributed by atoms with Gasteiger partial charge in [0.2, 0.25) is 0 Å². The number of hydrogen-bond donors (Lipinski definition) is 2. The van der Waals surface area contributed by atoms with Crippen molar-refractivity contribution >= 4 is 21.6 Å². The monoisotopic (exact) mass is 415 g/mol. The van der Waals surface area contributed by atoms with E-state index in [1.54, 1.807) is 43.3 Å². The molecular weight excluding hydrogens is 386 g/mol. The van der Waals surface area contributed by atoms with E-state index in [4.69, 9.17) is 0 Å². The molecule has 1 atom stereocenters. The minimum Gasteiger partial charge on any atom is -0.350 e. The van der Waals surface area contributed by atoms with Crippen LogP contribution < -0.4 is 10.0 Å². The number of nitrogens with zero attached hydrogens (tertiary/aromatic N) is 1. The first kappa shape index (κ1) is 21.3. The standard InChI is InChI=1S/C22H29N3O3S/c1-4-25-12-6-9-20(25)15-23-22(26)18-7-5-8-19(14-18)24-29(27,28)21-13-16(2)10-11-17(21)3/h5,7-8,10-11,13-14,20,24H,4,6,9,12,15H2,1-3H3,(H,23,26). The maximum absolute atomic E-state index is 12.8. The summed E-state index contributed by atoms with van der Waals surface area (Å²) in [6.45, 7) is 8.41. The Morgan fingerprint density at radius 3 is 2.72 bits per heavy atom. The summed E-state index contributed by atoms with van der Waals surface area (Å²) >= 11 is 0. The lowest BCUT2D eigenvalue weighted by atomic mass is 10.1. The van der Waals surface area contributed by atoms with Crippen LogP contribution in [0, 0.1) is 13.8 Å². The van der Waals surface area contributed by atoms with Crippen LogP contribution in [-0.4, -0.2) is 44.9 Å². The molecule has 1 aliphatic heterocycles. The number of rotatable bonds is 7. The van der Waals surface area contributed by atoms with Gasteiger partial charge in [-0.2, -0.15) is 0 Å². The van der Waals surface area contributed by atoms with Crippen molar-refractivity contribution in [3.05, 3.63) is 59.2 Å². The van der Waals surface area contributed by atoms with E-state index in [1.165, 1.54) is 0 Å². The molecule has 0 aromatic heterocycles. The molecule has 29 heavy (non-hydrogen) atoms. The Labute approximate surface area is 173 Å². The van der Waals surface area contributed by atoms with E-state index >= 15 is 0 Å². The molecule has 2 aromatic rings. The fraction of sp³-hybridized carbons (Fsp3) is 0.409. The van der Waals surface area contributed by atoms with E-state index < -0.39 is 10.0 Å². The van der Waals surface area contributed by atoms with Crippen molar-refractivity contribution in [1.82, 2.24) is 10.2 Å². The molecule has 0 bridgehead atoms. The summed E-state index contributed by atoms with van der Waals surface area (Å²) in [6, 6.07) is 12.3. The molecule has 1 aliphatic rings. The molecule has 1 fully saturated rings. The normalized spacial score (nSPS) is 17.3. The second-order valence-corrected chi connectivity index (χ2v) is 9.24. The molecule has 3 rings (SSSR count). The van der Waals surface area contributed by atoms with Crippen LogP contribution in [0.25, 0.3) is 0 Å². The Balaban J connectivity index is 1.70. The number of sulfonamides is 1. The summed E-state index contributed by atoms with van der Waals surface area (Å²) in [5.74, 6) is -0.194. The molecule has 7 heteroatoms. The third kappa shape index (κ3) is 5.16. The largest absolute Gasteiger partial charge is 0.350 e. The van der Waals surface area contributed by atoms with Crippen LogP contribution in [0.2, 0.25) is 0 Å². The number of benzene rings is 2. The van der Waals surface area contributed by atoms with Gasteiger partial charge in [0.05, 0.1) is 4.90 Å². The number of aryl methyl sites for hydroxylation is 2. The molecule has 1 heterocycles.